The number of piperidine rings is 1. The lowest BCUT2D eigenvalue weighted by molar-refractivity contribution is 0.188. The van der Waals surface area contributed by atoms with Gasteiger partial charge in [-0.2, -0.15) is 0 Å². The van der Waals surface area contributed by atoms with Gasteiger partial charge >= 0.3 is 6.09 Å². The summed E-state index contributed by atoms with van der Waals surface area (Å²) in [6.07, 6.45) is 0.419. The maximum Gasteiger partial charge on any atom is 0.404 e. The molecule has 0 saturated carbocycles. The summed E-state index contributed by atoms with van der Waals surface area (Å²) in [5, 5.41) is 10.8. The second-order valence-electron chi connectivity index (χ2n) is 3.93. The molecule has 94 valence electrons. The van der Waals surface area contributed by atoms with Crippen molar-refractivity contribution in [2.75, 3.05) is 25.4 Å². The molecule has 0 unspecified atom stereocenters. The lowest BCUT2D eigenvalue weighted by atomic mass is 9.98. The molecule has 2 N–H and O–H groups in total. The lowest BCUT2D eigenvalue weighted by Gasteiger charge is -2.30. The van der Waals surface area contributed by atoms with E-state index in [0.717, 1.165) is 12.8 Å². The fraction of sp³-hybridized carbons (Fsp3) is 0.889. The maximum atomic E-state index is 11.5. The minimum Gasteiger partial charge on any atom is -0.465 e. The first-order valence-corrected chi connectivity index (χ1v) is 7.01. The summed E-state index contributed by atoms with van der Waals surface area (Å²) in [4.78, 5) is 10.3. The van der Waals surface area contributed by atoms with E-state index >= 15 is 0 Å². The number of sulfonamides is 1. The van der Waals surface area contributed by atoms with Crippen LogP contribution in [0.1, 0.15) is 19.8 Å². The highest BCUT2D eigenvalue weighted by atomic mass is 32.2. The molecule has 1 amide bonds. The number of hydrogen-bond donors (Lipinski definition) is 2. The zero-order chi connectivity index (χ0) is 12.2. The first-order chi connectivity index (χ1) is 7.45. The van der Waals surface area contributed by atoms with E-state index in [1.54, 1.807) is 6.92 Å². The summed E-state index contributed by atoms with van der Waals surface area (Å²) >= 11 is 0. The SMILES string of the molecule is CCS(=O)(=O)N1CCC(CNC(=O)O)CC1. The second-order valence-corrected chi connectivity index (χ2v) is 6.19. The smallest absolute Gasteiger partial charge is 0.404 e. The van der Waals surface area contributed by atoms with E-state index in [4.69, 9.17) is 5.11 Å². The quantitative estimate of drug-likeness (QED) is 0.752. The van der Waals surface area contributed by atoms with Crippen molar-refractivity contribution in [2.45, 2.75) is 19.8 Å². The van der Waals surface area contributed by atoms with Gasteiger partial charge in [-0.25, -0.2) is 17.5 Å². The van der Waals surface area contributed by atoms with E-state index in [2.05, 4.69) is 5.32 Å². The van der Waals surface area contributed by atoms with E-state index < -0.39 is 16.1 Å². The molecule has 0 aromatic carbocycles. The number of hydrogen-bond acceptors (Lipinski definition) is 3. The first-order valence-electron chi connectivity index (χ1n) is 5.40. The Hall–Kier alpha value is -0.820. The minimum atomic E-state index is -3.08. The van der Waals surface area contributed by atoms with Gasteiger partial charge in [0.15, 0.2) is 0 Å². The van der Waals surface area contributed by atoms with Crippen LogP contribution in [-0.2, 0) is 10.0 Å². The number of carboxylic acid groups (broad SMARTS) is 1. The Morgan fingerprint density at radius 2 is 2.00 bits per heavy atom. The van der Waals surface area contributed by atoms with Gasteiger partial charge in [-0.15, -0.1) is 0 Å². The Balaban J connectivity index is 2.37. The van der Waals surface area contributed by atoms with Crippen LogP contribution in [0.2, 0.25) is 0 Å². The molecule has 1 rings (SSSR count). The highest BCUT2D eigenvalue weighted by Gasteiger charge is 2.26. The Morgan fingerprint density at radius 1 is 1.44 bits per heavy atom. The van der Waals surface area contributed by atoms with E-state index in [9.17, 15) is 13.2 Å². The van der Waals surface area contributed by atoms with Gasteiger partial charge < -0.3 is 10.4 Å². The number of carbonyl (C=O) groups is 1. The summed E-state index contributed by atoms with van der Waals surface area (Å²) in [5.74, 6) is 0.379. The van der Waals surface area contributed by atoms with Crippen molar-refractivity contribution in [1.82, 2.24) is 9.62 Å². The third-order valence-electron chi connectivity index (χ3n) is 2.87. The van der Waals surface area contributed by atoms with Crippen molar-refractivity contribution in [3.8, 4) is 0 Å². The van der Waals surface area contributed by atoms with E-state index in [-0.39, 0.29) is 11.7 Å². The first kappa shape index (κ1) is 13.2. The van der Waals surface area contributed by atoms with Crippen molar-refractivity contribution < 1.29 is 18.3 Å². The highest BCUT2D eigenvalue weighted by Crippen LogP contribution is 2.19. The largest absolute Gasteiger partial charge is 0.465 e. The summed E-state index contributed by atoms with van der Waals surface area (Å²) in [6.45, 7) is 3.05. The summed E-state index contributed by atoms with van der Waals surface area (Å²) in [7, 11) is -3.08. The summed E-state index contributed by atoms with van der Waals surface area (Å²) in [5.41, 5.74) is 0. The lowest BCUT2D eigenvalue weighted by Crippen LogP contribution is -2.41. The van der Waals surface area contributed by atoms with Crippen LogP contribution < -0.4 is 5.32 Å². The number of amides is 1. The van der Waals surface area contributed by atoms with E-state index in [0.29, 0.717) is 19.6 Å². The van der Waals surface area contributed by atoms with Crippen LogP contribution >= 0.6 is 0 Å². The molecule has 6 nitrogen and oxygen atoms in total. The van der Waals surface area contributed by atoms with Crippen molar-refractivity contribution in [3.05, 3.63) is 0 Å². The van der Waals surface area contributed by atoms with Crippen LogP contribution in [0.3, 0.4) is 0 Å². The molecule has 0 radical (unpaired) electrons. The molecule has 0 atom stereocenters. The van der Waals surface area contributed by atoms with Gasteiger partial charge in [0, 0.05) is 19.6 Å². The Bertz CT molecular complexity index is 333. The Labute approximate surface area is 95.7 Å². The average Bonchev–Trinajstić information content (AvgIpc) is 2.27. The summed E-state index contributed by atoms with van der Waals surface area (Å²) < 4.78 is 24.6. The molecule has 1 aliphatic rings. The van der Waals surface area contributed by atoms with Crippen LogP contribution in [0, 0.1) is 5.92 Å². The van der Waals surface area contributed by atoms with E-state index in [1.807, 2.05) is 0 Å². The molecule has 0 aliphatic carbocycles. The van der Waals surface area contributed by atoms with E-state index in [1.165, 1.54) is 4.31 Å². The molecule has 16 heavy (non-hydrogen) atoms. The Kier molecular flexibility index (Phi) is 4.55. The third-order valence-corrected chi connectivity index (χ3v) is 4.76. The maximum absolute atomic E-state index is 11.5. The third kappa shape index (κ3) is 3.64. The van der Waals surface area contributed by atoms with Crippen molar-refractivity contribution in [2.24, 2.45) is 5.92 Å². The van der Waals surface area contributed by atoms with Gasteiger partial charge in [0.25, 0.3) is 0 Å². The number of nitrogens with zero attached hydrogens (tertiary/aromatic N) is 1. The molecular weight excluding hydrogens is 232 g/mol. The predicted molar refractivity (Wildman–Crippen MR) is 59.8 cm³/mol. The van der Waals surface area contributed by atoms with Gasteiger partial charge in [0.2, 0.25) is 10.0 Å². The fourth-order valence-corrected chi connectivity index (χ4v) is 2.94. The zero-order valence-electron chi connectivity index (χ0n) is 9.35. The standard InChI is InChI=1S/C9H18N2O4S/c1-2-16(14,15)11-5-3-8(4-6-11)7-10-9(12)13/h8,10H,2-7H2,1H3,(H,12,13). The normalized spacial score (nSPS) is 19.6. The second kappa shape index (κ2) is 5.49. The average molecular weight is 250 g/mol. The van der Waals surface area contributed by atoms with Crippen LogP contribution in [0.4, 0.5) is 4.79 Å². The highest BCUT2D eigenvalue weighted by molar-refractivity contribution is 7.89. The predicted octanol–water partition coefficient (Wildman–Crippen LogP) is 0.316. The molecule has 1 fully saturated rings. The van der Waals surface area contributed by atoms with Crippen LogP contribution in [0.15, 0.2) is 0 Å². The number of nitrogens with one attached hydrogen (secondary N) is 1. The van der Waals surface area contributed by atoms with Crippen LogP contribution in [0.25, 0.3) is 0 Å². The van der Waals surface area contributed by atoms with Crippen molar-refractivity contribution >= 4 is 16.1 Å². The molecule has 0 aromatic heterocycles. The van der Waals surface area contributed by atoms with Crippen molar-refractivity contribution in [3.63, 3.8) is 0 Å². The summed E-state index contributed by atoms with van der Waals surface area (Å²) in [6, 6.07) is 0. The zero-order valence-corrected chi connectivity index (χ0v) is 10.2. The molecular formula is C9H18N2O4S. The minimum absolute atomic E-state index is 0.130. The van der Waals surface area contributed by atoms with Gasteiger partial charge in [-0.05, 0) is 25.7 Å². The molecule has 0 aromatic rings. The van der Waals surface area contributed by atoms with Gasteiger partial charge in [0.05, 0.1) is 5.75 Å². The molecule has 1 aliphatic heterocycles. The number of rotatable bonds is 4. The molecule has 7 heteroatoms. The van der Waals surface area contributed by atoms with Crippen molar-refractivity contribution in [1.29, 1.82) is 0 Å². The topological polar surface area (TPSA) is 86.7 Å². The van der Waals surface area contributed by atoms with Crippen LogP contribution in [0.5, 0.6) is 0 Å². The molecule has 0 spiro atoms. The monoisotopic (exact) mass is 250 g/mol. The van der Waals surface area contributed by atoms with Gasteiger partial charge in [-0.1, -0.05) is 0 Å². The Morgan fingerprint density at radius 3 is 2.44 bits per heavy atom. The van der Waals surface area contributed by atoms with Gasteiger partial charge in [0.1, 0.15) is 0 Å². The molecule has 1 saturated heterocycles. The fourth-order valence-electron chi connectivity index (χ4n) is 1.81. The molecule has 1 heterocycles. The van der Waals surface area contributed by atoms with Gasteiger partial charge in [-0.3, -0.25) is 0 Å². The van der Waals surface area contributed by atoms with Crippen LogP contribution in [-0.4, -0.2) is 49.3 Å². The molecule has 0 bridgehead atoms.